The predicted octanol–water partition coefficient (Wildman–Crippen LogP) is 2.88. The first-order valence-corrected chi connectivity index (χ1v) is 6.96. The van der Waals surface area contributed by atoms with Gasteiger partial charge in [-0.15, -0.1) is 0 Å². The minimum absolute atomic E-state index is 0.0563. The number of ether oxygens (including phenoxy) is 1. The van der Waals surface area contributed by atoms with E-state index in [9.17, 15) is 0 Å². The molecule has 0 saturated carbocycles. The van der Waals surface area contributed by atoms with Crippen molar-refractivity contribution in [2.75, 3.05) is 0 Å². The molecule has 3 rings (SSSR count). The molecule has 21 heavy (non-hydrogen) atoms. The summed E-state index contributed by atoms with van der Waals surface area (Å²) in [7, 11) is 0. The number of nitrogens with zero attached hydrogens (tertiary/aromatic N) is 1. The van der Waals surface area contributed by atoms with Crippen LogP contribution in [0.15, 0.2) is 47.6 Å². The van der Waals surface area contributed by atoms with Gasteiger partial charge in [0.25, 0.3) is 0 Å². The number of aliphatic hydroxyl groups excluding tert-OH is 1. The van der Waals surface area contributed by atoms with Crippen LogP contribution in [0.5, 0.6) is 5.75 Å². The molecule has 4 nitrogen and oxygen atoms in total. The van der Waals surface area contributed by atoms with Crippen molar-refractivity contribution >= 4 is 5.71 Å². The standard InChI is InChI=1S/C17H17NO3/c19-10-12-1-3-13(4-2-12)11-21-15-6-7-16-14(9-15)5-8-17(16)18-20/h1-4,6-7,9,19-20H,5,8,10-11H2/b18-17+. The number of hydrogen-bond acceptors (Lipinski definition) is 4. The molecular weight excluding hydrogens is 266 g/mol. The van der Waals surface area contributed by atoms with Crippen LogP contribution in [-0.2, 0) is 19.6 Å². The van der Waals surface area contributed by atoms with Crippen LogP contribution < -0.4 is 4.74 Å². The Morgan fingerprint density at radius 2 is 1.76 bits per heavy atom. The van der Waals surface area contributed by atoms with Gasteiger partial charge in [0.05, 0.1) is 12.3 Å². The number of aryl methyl sites for hydroxylation is 1. The molecule has 2 N–H and O–H groups in total. The van der Waals surface area contributed by atoms with E-state index in [4.69, 9.17) is 15.1 Å². The van der Waals surface area contributed by atoms with Crippen molar-refractivity contribution < 1.29 is 15.1 Å². The van der Waals surface area contributed by atoms with E-state index in [-0.39, 0.29) is 6.61 Å². The number of hydrogen-bond donors (Lipinski definition) is 2. The monoisotopic (exact) mass is 283 g/mol. The molecule has 0 heterocycles. The molecule has 0 amide bonds. The second-order valence-electron chi connectivity index (χ2n) is 5.13. The summed E-state index contributed by atoms with van der Waals surface area (Å²) in [6, 6.07) is 13.6. The quantitative estimate of drug-likeness (QED) is 0.670. The third kappa shape index (κ3) is 2.90. The summed E-state index contributed by atoms with van der Waals surface area (Å²) in [6.07, 6.45) is 1.66. The smallest absolute Gasteiger partial charge is 0.120 e. The minimum atomic E-state index is 0.0563. The summed E-state index contributed by atoms with van der Waals surface area (Å²) in [6.45, 7) is 0.548. The third-order valence-electron chi connectivity index (χ3n) is 3.75. The zero-order valence-corrected chi connectivity index (χ0v) is 11.6. The molecule has 0 radical (unpaired) electrons. The fourth-order valence-electron chi connectivity index (χ4n) is 2.55. The molecule has 2 aromatic carbocycles. The van der Waals surface area contributed by atoms with Crippen LogP contribution in [0, 0.1) is 0 Å². The van der Waals surface area contributed by atoms with Crippen molar-refractivity contribution in [1.82, 2.24) is 0 Å². The molecule has 0 spiro atoms. The van der Waals surface area contributed by atoms with Crippen LogP contribution in [0.1, 0.15) is 28.7 Å². The Morgan fingerprint density at radius 3 is 2.48 bits per heavy atom. The molecule has 0 unspecified atom stereocenters. The van der Waals surface area contributed by atoms with E-state index in [2.05, 4.69) is 5.16 Å². The van der Waals surface area contributed by atoms with Gasteiger partial charge in [0.1, 0.15) is 12.4 Å². The largest absolute Gasteiger partial charge is 0.489 e. The zero-order chi connectivity index (χ0) is 14.7. The van der Waals surface area contributed by atoms with Crippen molar-refractivity contribution in [3.05, 3.63) is 64.7 Å². The summed E-state index contributed by atoms with van der Waals surface area (Å²) in [5.41, 5.74) is 4.88. The van der Waals surface area contributed by atoms with Gasteiger partial charge in [-0.05, 0) is 47.7 Å². The lowest BCUT2D eigenvalue weighted by Gasteiger charge is -2.08. The van der Waals surface area contributed by atoms with E-state index in [0.29, 0.717) is 6.61 Å². The Labute approximate surface area is 123 Å². The van der Waals surface area contributed by atoms with E-state index in [1.807, 2.05) is 42.5 Å². The second-order valence-corrected chi connectivity index (χ2v) is 5.13. The van der Waals surface area contributed by atoms with Crippen molar-refractivity contribution in [3.63, 3.8) is 0 Å². The molecule has 0 saturated heterocycles. The molecule has 0 fully saturated rings. The van der Waals surface area contributed by atoms with Gasteiger partial charge in [0.2, 0.25) is 0 Å². The normalized spacial score (nSPS) is 15.2. The molecule has 0 atom stereocenters. The Balaban J connectivity index is 1.68. The lowest BCUT2D eigenvalue weighted by atomic mass is 10.1. The first-order valence-electron chi connectivity index (χ1n) is 6.96. The highest BCUT2D eigenvalue weighted by atomic mass is 16.5. The van der Waals surface area contributed by atoms with Gasteiger partial charge in [-0.1, -0.05) is 29.4 Å². The Kier molecular flexibility index (Phi) is 3.88. The zero-order valence-electron chi connectivity index (χ0n) is 11.6. The number of aliphatic hydroxyl groups is 1. The van der Waals surface area contributed by atoms with Crippen molar-refractivity contribution in [2.45, 2.75) is 26.1 Å². The van der Waals surface area contributed by atoms with Crippen LogP contribution >= 0.6 is 0 Å². The number of oxime groups is 1. The maximum absolute atomic E-state index is 9.01. The number of benzene rings is 2. The Bertz CT molecular complexity index is 662. The van der Waals surface area contributed by atoms with Crippen LogP contribution in [-0.4, -0.2) is 16.0 Å². The summed E-state index contributed by atoms with van der Waals surface area (Å²) < 4.78 is 5.79. The lowest BCUT2D eigenvalue weighted by Crippen LogP contribution is -1.98. The van der Waals surface area contributed by atoms with E-state index in [1.165, 1.54) is 0 Å². The summed E-state index contributed by atoms with van der Waals surface area (Å²) >= 11 is 0. The molecule has 2 aromatic rings. The maximum atomic E-state index is 9.01. The topological polar surface area (TPSA) is 62.0 Å². The fourth-order valence-corrected chi connectivity index (χ4v) is 2.55. The van der Waals surface area contributed by atoms with E-state index < -0.39 is 0 Å². The van der Waals surface area contributed by atoms with Crippen LogP contribution in [0.4, 0.5) is 0 Å². The summed E-state index contributed by atoms with van der Waals surface area (Å²) in [5.74, 6) is 0.819. The van der Waals surface area contributed by atoms with Crippen molar-refractivity contribution in [3.8, 4) is 5.75 Å². The highest BCUT2D eigenvalue weighted by molar-refractivity contribution is 6.04. The molecule has 108 valence electrons. The van der Waals surface area contributed by atoms with Gasteiger partial charge >= 0.3 is 0 Å². The lowest BCUT2D eigenvalue weighted by molar-refractivity contribution is 0.281. The van der Waals surface area contributed by atoms with Gasteiger partial charge in [-0.3, -0.25) is 0 Å². The van der Waals surface area contributed by atoms with Crippen LogP contribution in [0.25, 0.3) is 0 Å². The van der Waals surface area contributed by atoms with Gasteiger partial charge in [0.15, 0.2) is 0 Å². The Morgan fingerprint density at radius 1 is 1.00 bits per heavy atom. The fraction of sp³-hybridized carbons (Fsp3) is 0.235. The number of fused-ring (bicyclic) bond motifs is 1. The molecule has 4 heteroatoms. The van der Waals surface area contributed by atoms with Gasteiger partial charge in [-0.25, -0.2) is 0 Å². The average molecular weight is 283 g/mol. The third-order valence-corrected chi connectivity index (χ3v) is 3.75. The highest BCUT2D eigenvalue weighted by Gasteiger charge is 2.18. The first kappa shape index (κ1) is 13.6. The van der Waals surface area contributed by atoms with Crippen molar-refractivity contribution in [2.24, 2.45) is 5.16 Å². The Hall–Kier alpha value is -2.33. The van der Waals surface area contributed by atoms with E-state index >= 15 is 0 Å². The maximum Gasteiger partial charge on any atom is 0.120 e. The number of rotatable bonds is 4. The average Bonchev–Trinajstić information content (AvgIpc) is 2.95. The molecule has 1 aliphatic rings. The predicted molar refractivity (Wildman–Crippen MR) is 79.8 cm³/mol. The van der Waals surface area contributed by atoms with Crippen LogP contribution in [0.2, 0.25) is 0 Å². The molecule has 1 aliphatic carbocycles. The summed E-state index contributed by atoms with van der Waals surface area (Å²) in [5, 5.41) is 21.2. The van der Waals surface area contributed by atoms with Crippen molar-refractivity contribution in [1.29, 1.82) is 0 Å². The molecule has 0 aromatic heterocycles. The first-order chi connectivity index (χ1) is 10.3. The van der Waals surface area contributed by atoms with Gasteiger partial charge in [-0.2, -0.15) is 0 Å². The molecule has 0 aliphatic heterocycles. The van der Waals surface area contributed by atoms with Gasteiger partial charge in [0, 0.05) is 5.56 Å². The van der Waals surface area contributed by atoms with Gasteiger partial charge < -0.3 is 15.1 Å². The molecular formula is C17H17NO3. The molecule has 0 bridgehead atoms. The minimum Gasteiger partial charge on any atom is -0.489 e. The van der Waals surface area contributed by atoms with E-state index in [0.717, 1.165) is 46.6 Å². The van der Waals surface area contributed by atoms with E-state index in [1.54, 1.807) is 0 Å². The summed E-state index contributed by atoms with van der Waals surface area (Å²) in [4.78, 5) is 0. The van der Waals surface area contributed by atoms with Crippen LogP contribution in [0.3, 0.4) is 0 Å². The highest BCUT2D eigenvalue weighted by Crippen LogP contribution is 2.27. The second kappa shape index (κ2) is 5.97. The SMILES string of the molecule is OCc1ccc(COc2ccc3c(c2)CC/C3=N\O)cc1.